The van der Waals surface area contributed by atoms with Crippen LogP contribution in [0.4, 0.5) is 5.69 Å². The van der Waals surface area contributed by atoms with Crippen LogP contribution in [0.5, 0.6) is 0 Å². The molecule has 0 saturated carbocycles. The molecule has 4 aromatic rings. The van der Waals surface area contributed by atoms with Crippen LogP contribution < -0.4 is 10.9 Å². The lowest BCUT2D eigenvalue weighted by Crippen LogP contribution is -2.13. The second-order valence-electron chi connectivity index (χ2n) is 5.17. The van der Waals surface area contributed by atoms with Gasteiger partial charge in [0.2, 0.25) is 0 Å². The predicted octanol–water partition coefficient (Wildman–Crippen LogP) is 4.00. The Balaban J connectivity index is 1.78. The van der Waals surface area contributed by atoms with Gasteiger partial charge in [0.1, 0.15) is 0 Å². The SMILES string of the molecule is O=C(Nc1cccc2c(=O)[nH]ccc12)c1csc2ccccc12. The summed E-state index contributed by atoms with van der Waals surface area (Å²) < 4.78 is 1.08. The average molecular weight is 320 g/mol. The number of pyridine rings is 1. The summed E-state index contributed by atoms with van der Waals surface area (Å²) >= 11 is 1.54. The molecule has 23 heavy (non-hydrogen) atoms. The first-order chi connectivity index (χ1) is 11.2. The Morgan fingerprint density at radius 3 is 2.70 bits per heavy atom. The maximum absolute atomic E-state index is 12.6. The number of hydrogen-bond donors (Lipinski definition) is 2. The number of fused-ring (bicyclic) bond motifs is 2. The van der Waals surface area contributed by atoms with Crippen molar-refractivity contribution in [2.45, 2.75) is 0 Å². The number of aromatic nitrogens is 1. The molecule has 4 nitrogen and oxygen atoms in total. The lowest BCUT2D eigenvalue weighted by Gasteiger charge is -2.08. The molecular formula is C18H12N2O2S. The van der Waals surface area contributed by atoms with Gasteiger partial charge in [0.05, 0.1) is 5.56 Å². The first-order valence-electron chi connectivity index (χ1n) is 7.12. The van der Waals surface area contributed by atoms with Gasteiger partial charge in [0.25, 0.3) is 11.5 Å². The van der Waals surface area contributed by atoms with Crippen LogP contribution in [0.3, 0.4) is 0 Å². The normalized spacial score (nSPS) is 11.0. The molecule has 0 atom stereocenters. The van der Waals surface area contributed by atoms with Crippen molar-refractivity contribution >= 4 is 43.8 Å². The molecule has 0 aliphatic heterocycles. The van der Waals surface area contributed by atoms with E-state index < -0.39 is 0 Å². The molecule has 2 N–H and O–H groups in total. The van der Waals surface area contributed by atoms with Crippen molar-refractivity contribution in [1.29, 1.82) is 0 Å². The second kappa shape index (κ2) is 5.37. The molecule has 1 amide bonds. The van der Waals surface area contributed by atoms with Crippen molar-refractivity contribution in [1.82, 2.24) is 4.98 Å². The van der Waals surface area contributed by atoms with Crippen LogP contribution >= 0.6 is 11.3 Å². The molecule has 0 bridgehead atoms. The average Bonchev–Trinajstić information content (AvgIpc) is 3.00. The van der Waals surface area contributed by atoms with Gasteiger partial charge < -0.3 is 10.3 Å². The number of carbonyl (C=O) groups excluding carboxylic acids is 1. The molecule has 0 unspecified atom stereocenters. The highest BCUT2D eigenvalue weighted by Crippen LogP contribution is 2.27. The molecule has 2 aromatic heterocycles. The molecule has 112 valence electrons. The van der Waals surface area contributed by atoms with Crippen molar-refractivity contribution in [2.24, 2.45) is 0 Å². The number of benzene rings is 2. The maximum atomic E-state index is 12.6. The van der Waals surface area contributed by atoms with Crippen molar-refractivity contribution in [3.05, 3.63) is 76.0 Å². The highest BCUT2D eigenvalue weighted by molar-refractivity contribution is 7.17. The van der Waals surface area contributed by atoms with E-state index in [2.05, 4.69) is 10.3 Å². The highest BCUT2D eigenvalue weighted by atomic mass is 32.1. The van der Waals surface area contributed by atoms with Crippen LogP contribution in [0.1, 0.15) is 10.4 Å². The molecule has 0 spiro atoms. The Bertz CT molecular complexity index is 1090. The summed E-state index contributed by atoms with van der Waals surface area (Å²) in [4.78, 5) is 27.1. The van der Waals surface area contributed by atoms with Gasteiger partial charge in [-0.15, -0.1) is 11.3 Å². The van der Waals surface area contributed by atoms with E-state index in [4.69, 9.17) is 0 Å². The number of thiophene rings is 1. The zero-order valence-corrected chi connectivity index (χ0v) is 12.8. The van der Waals surface area contributed by atoms with Gasteiger partial charge in [-0.1, -0.05) is 24.3 Å². The molecule has 2 heterocycles. The monoisotopic (exact) mass is 320 g/mol. The lowest BCUT2D eigenvalue weighted by molar-refractivity contribution is 0.102. The summed E-state index contributed by atoms with van der Waals surface area (Å²) in [5.74, 6) is -0.171. The van der Waals surface area contributed by atoms with E-state index in [-0.39, 0.29) is 11.5 Å². The number of anilines is 1. The van der Waals surface area contributed by atoms with Crippen molar-refractivity contribution in [2.75, 3.05) is 5.32 Å². The molecule has 0 saturated heterocycles. The Hall–Kier alpha value is -2.92. The standard InChI is InChI=1S/C18H12N2O2S/c21-17-13-5-3-6-15(11(13)8-9-19-17)20-18(22)14-10-23-16-7-2-1-4-12(14)16/h1-10H,(H,19,21)(H,20,22). The van der Waals surface area contributed by atoms with Crippen LogP contribution in [0.15, 0.2) is 64.9 Å². The summed E-state index contributed by atoms with van der Waals surface area (Å²) in [5, 5.41) is 7.00. The molecule has 4 rings (SSSR count). The van der Waals surface area contributed by atoms with Crippen molar-refractivity contribution < 1.29 is 4.79 Å². The summed E-state index contributed by atoms with van der Waals surface area (Å²) in [6.07, 6.45) is 1.58. The number of hydrogen-bond acceptors (Lipinski definition) is 3. The van der Waals surface area contributed by atoms with Crippen LogP contribution in [0.25, 0.3) is 20.9 Å². The Morgan fingerprint density at radius 1 is 0.957 bits per heavy atom. The van der Waals surface area contributed by atoms with E-state index >= 15 is 0 Å². The summed E-state index contributed by atoms with van der Waals surface area (Å²) in [7, 11) is 0. The van der Waals surface area contributed by atoms with Crippen molar-refractivity contribution in [3.63, 3.8) is 0 Å². The third kappa shape index (κ3) is 2.31. The van der Waals surface area contributed by atoms with Gasteiger partial charge in [0, 0.05) is 38.1 Å². The molecule has 0 aliphatic carbocycles. The van der Waals surface area contributed by atoms with Crippen LogP contribution in [-0.4, -0.2) is 10.9 Å². The minimum atomic E-state index is -0.171. The van der Waals surface area contributed by atoms with Gasteiger partial charge in [-0.3, -0.25) is 9.59 Å². The van der Waals surface area contributed by atoms with Crippen molar-refractivity contribution in [3.8, 4) is 0 Å². The quantitative estimate of drug-likeness (QED) is 0.586. The van der Waals surface area contributed by atoms with E-state index in [1.165, 1.54) is 0 Å². The first kappa shape index (κ1) is 13.7. The largest absolute Gasteiger partial charge is 0.329 e. The maximum Gasteiger partial charge on any atom is 0.257 e. The summed E-state index contributed by atoms with van der Waals surface area (Å²) in [6, 6.07) is 14.9. The van der Waals surface area contributed by atoms with Crippen LogP contribution in [0.2, 0.25) is 0 Å². The number of amides is 1. The Labute approximate surface area is 135 Å². The lowest BCUT2D eigenvalue weighted by atomic mass is 10.1. The molecule has 2 aromatic carbocycles. The van der Waals surface area contributed by atoms with Gasteiger partial charge in [-0.2, -0.15) is 0 Å². The minimum absolute atomic E-state index is 0.167. The highest BCUT2D eigenvalue weighted by Gasteiger charge is 2.13. The van der Waals surface area contributed by atoms with Gasteiger partial charge in [-0.25, -0.2) is 0 Å². The Morgan fingerprint density at radius 2 is 1.78 bits per heavy atom. The molecule has 0 fully saturated rings. The third-order valence-corrected chi connectivity index (χ3v) is 4.75. The second-order valence-corrected chi connectivity index (χ2v) is 6.08. The number of aromatic amines is 1. The number of nitrogens with one attached hydrogen (secondary N) is 2. The fourth-order valence-corrected chi connectivity index (χ4v) is 3.61. The van der Waals surface area contributed by atoms with E-state index in [1.54, 1.807) is 41.8 Å². The first-order valence-corrected chi connectivity index (χ1v) is 8.00. The van der Waals surface area contributed by atoms with E-state index in [1.807, 2.05) is 29.6 Å². The number of carbonyl (C=O) groups is 1. The summed E-state index contributed by atoms with van der Waals surface area (Å²) in [6.45, 7) is 0. The van der Waals surface area contributed by atoms with E-state index in [0.29, 0.717) is 16.6 Å². The van der Waals surface area contributed by atoms with Gasteiger partial charge in [0.15, 0.2) is 0 Å². The number of rotatable bonds is 2. The van der Waals surface area contributed by atoms with Crippen LogP contribution in [-0.2, 0) is 0 Å². The smallest absolute Gasteiger partial charge is 0.257 e. The fourth-order valence-electron chi connectivity index (χ4n) is 2.67. The topological polar surface area (TPSA) is 62.0 Å². The van der Waals surface area contributed by atoms with Gasteiger partial charge in [-0.05, 0) is 24.3 Å². The van der Waals surface area contributed by atoms with E-state index in [9.17, 15) is 9.59 Å². The van der Waals surface area contributed by atoms with Gasteiger partial charge >= 0.3 is 0 Å². The molecule has 0 radical (unpaired) electrons. The molecule has 5 heteroatoms. The Kier molecular flexibility index (Phi) is 3.20. The van der Waals surface area contributed by atoms with Crippen LogP contribution in [0, 0.1) is 0 Å². The zero-order chi connectivity index (χ0) is 15.8. The molecule has 0 aliphatic rings. The third-order valence-electron chi connectivity index (χ3n) is 3.79. The minimum Gasteiger partial charge on any atom is -0.329 e. The van der Waals surface area contributed by atoms with E-state index in [0.717, 1.165) is 15.5 Å². The number of H-pyrrole nitrogens is 1. The fraction of sp³-hybridized carbons (Fsp3) is 0. The predicted molar refractivity (Wildman–Crippen MR) is 94.3 cm³/mol. The summed E-state index contributed by atoms with van der Waals surface area (Å²) in [5.41, 5.74) is 1.11. The molecular weight excluding hydrogens is 308 g/mol. The zero-order valence-electron chi connectivity index (χ0n) is 12.0.